The van der Waals surface area contributed by atoms with Crippen molar-refractivity contribution in [3.8, 4) is 0 Å². The summed E-state index contributed by atoms with van der Waals surface area (Å²) in [6.07, 6.45) is 0. The van der Waals surface area contributed by atoms with Crippen LogP contribution in [-0.2, 0) is 16.1 Å². The summed E-state index contributed by atoms with van der Waals surface area (Å²) in [5, 5.41) is 5.78. The van der Waals surface area contributed by atoms with Gasteiger partial charge in [0, 0.05) is 12.8 Å². The second-order valence-corrected chi connectivity index (χ2v) is 5.48. The first-order valence-electron chi connectivity index (χ1n) is 7.97. The molecule has 0 fully saturated rings. The van der Waals surface area contributed by atoms with Gasteiger partial charge in [-0.3, -0.25) is 0 Å². The molecule has 2 N–H and O–H groups in total. The van der Waals surface area contributed by atoms with E-state index in [1.807, 2.05) is 61.5 Å². The van der Waals surface area contributed by atoms with Crippen LogP contribution >= 0.6 is 0 Å². The summed E-state index contributed by atoms with van der Waals surface area (Å²) in [6.45, 7) is 3.55. The van der Waals surface area contributed by atoms with Crippen molar-refractivity contribution >= 4 is 11.7 Å². The maximum atomic E-state index is 12.1. The number of amides is 2. The number of nitrogens with one attached hydrogen (secondary N) is 2. The lowest BCUT2D eigenvalue weighted by Crippen LogP contribution is -2.31. The smallest absolute Gasteiger partial charge is 0.319 e. The monoisotopic (exact) mass is 328 g/mol. The van der Waals surface area contributed by atoms with Crippen LogP contribution in [0.5, 0.6) is 0 Å². The molecule has 0 heterocycles. The van der Waals surface area contributed by atoms with Crippen LogP contribution in [0.2, 0.25) is 0 Å². The third-order valence-corrected chi connectivity index (χ3v) is 3.53. The minimum Gasteiger partial charge on any atom is -0.382 e. The van der Waals surface area contributed by atoms with E-state index in [0.717, 1.165) is 16.8 Å². The first-order chi connectivity index (χ1) is 11.7. The van der Waals surface area contributed by atoms with Gasteiger partial charge in [-0.05, 0) is 30.2 Å². The first kappa shape index (κ1) is 18.0. The average molecular weight is 328 g/mol. The van der Waals surface area contributed by atoms with Gasteiger partial charge in [-0.1, -0.05) is 42.5 Å². The zero-order valence-corrected chi connectivity index (χ0v) is 14.1. The molecule has 0 aliphatic rings. The Bertz CT molecular complexity index is 632. The highest BCUT2D eigenvalue weighted by molar-refractivity contribution is 5.89. The maximum absolute atomic E-state index is 12.1. The van der Waals surface area contributed by atoms with Crippen molar-refractivity contribution in [1.82, 2.24) is 5.32 Å². The quantitative estimate of drug-likeness (QED) is 0.726. The van der Waals surface area contributed by atoms with Gasteiger partial charge in [0.15, 0.2) is 0 Å². The van der Waals surface area contributed by atoms with E-state index in [1.165, 1.54) is 0 Å². The number of ether oxygens (including phenoxy) is 2. The number of rotatable bonds is 8. The summed E-state index contributed by atoms with van der Waals surface area (Å²) >= 11 is 0. The van der Waals surface area contributed by atoms with Crippen molar-refractivity contribution < 1.29 is 14.3 Å². The lowest BCUT2D eigenvalue weighted by molar-refractivity contribution is 0.0617. The van der Waals surface area contributed by atoms with Gasteiger partial charge in [0.25, 0.3) is 0 Å². The summed E-state index contributed by atoms with van der Waals surface area (Å²) in [4.78, 5) is 12.1. The Balaban J connectivity index is 1.85. The predicted octanol–water partition coefficient (Wildman–Crippen LogP) is 3.73. The van der Waals surface area contributed by atoms with Gasteiger partial charge in [0.05, 0.1) is 25.9 Å². The molecule has 2 aromatic rings. The van der Waals surface area contributed by atoms with E-state index >= 15 is 0 Å². The Hall–Kier alpha value is -2.37. The van der Waals surface area contributed by atoms with Crippen LogP contribution in [0.4, 0.5) is 10.5 Å². The molecule has 128 valence electrons. The molecule has 0 radical (unpaired) electrons. The molecular formula is C19H24N2O3. The summed E-state index contributed by atoms with van der Waals surface area (Å²) in [7, 11) is 1.64. The highest BCUT2D eigenvalue weighted by Gasteiger charge is 2.09. The Morgan fingerprint density at radius 3 is 2.62 bits per heavy atom. The predicted molar refractivity (Wildman–Crippen MR) is 95.0 cm³/mol. The van der Waals surface area contributed by atoms with Crippen LogP contribution in [0.3, 0.4) is 0 Å². The normalized spacial score (nSPS) is 11.8. The molecule has 24 heavy (non-hydrogen) atoms. The fraction of sp³-hybridized carbons (Fsp3) is 0.316. The second-order valence-electron chi connectivity index (χ2n) is 5.48. The van der Waals surface area contributed by atoms with Gasteiger partial charge in [0.1, 0.15) is 0 Å². The maximum Gasteiger partial charge on any atom is 0.319 e. The lowest BCUT2D eigenvalue weighted by Gasteiger charge is -2.15. The van der Waals surface area contributed by atoms with Gasteiger partial charge in [0.2, 0.25) is 0 Å². The minimum absolute atomic E-state index is 0.0632. The molecule has 1 atom stereocenters. The fourth-order valence-electron chi connectivity index (χ4n) is 2.26. The molecule has 0 spiro atoms. The van der Waals surface area contributed by atoms with Crippen LogP contribution in [0.15, 0.2) is 54.6 Å². The topological polar surface area (TPSA) is 59.6 Å². The molecule has 5 nitrogen and oxygen atoms in total. The van der Waals surface area contributed by atoms with Gasteiger partial charge >= 0.3 is 6.03 Å². The Kier molecular flexibility index (Phi) is 7.26. The fourth-order valence-corrected chi connectivity index (χ4v) is 2.26. The van der Waals surface area contributed by atoms with Gasteiger partial charge in [-0.15, -0.1) is 0 Å². The Morgan fingerprint density at radius 2 is 1.88 bits per heavy atom. The summed E-state index contributed by atoms with van der Waals surface area (Å²) in [5.74, 6) is 0. The lowest BCUT2D eigenvalue weighted by atomic mass is 10.1. The third-order valence-electron chi connectivity index (χ3n) is 3.53. The van der Waals surface area contributed by atoms with E-state index in [4.69, 9.17) is 9.47 Å². The van der Waals surface area contributed by atoms with Crippen LogP contribution in [0, 0.1) is 0 Å². The van der Waals surface area contributed by atoms with Crippen LogP contribution in [-0.4, -0.2) is 26.4 Å². The van der Waals surface area contributed by atoms with E-state index in [9.17, 15) is 4.79 Å². The third kappa shape index (κ3) is 6.02. The SMILES string of the molecule is COCCOCc1cccc(NC(=O)N[C@H](C)c2ccccc2)c1. The molecular weight excluding hydrogens is 304 g/mol. The molecule has 0 aliphatic heterocycles. The van der Waals surface area contributed by atoms with Crippen molar-refractivity contribution in [2.24, 2.45) is 0 Å². The molecule has 2 rings (SSSR count). The summed E-state index contributed by atoms with van der Waals surface area (Å²) in [6, 6.07) is 17.2. The minimum atomic E-state index is -0.233. The van der Waals surface area contributed by atoms with E-state index in [0.29, 0.717) is 19.8 Å². The molecule has 0 saturated carbocycles. The number of anilines is 1. The highest BCUT2D eigenvalue weighted by Crippen LogP contribution is 2.14. The number of carbonyl (C=O) groups is 1. The molecule has 2 amide bonds. The molecule has 0 bridgehead atoms. The summed E-state index contributed by atoms with van der Waals surface area (Å²) in [5.41, 5.74) is 2.80. The molecule has 0 aromatic heterocycles. The molecule has 0 aliphatic carbocycles. The molecule has 0 saturated heterocycles. The standard InChI is InChI=1S/C19H24N2O3/c1-15(17-8-4-3-5-9-17)20-19(22)21-18-10-6-7-16(13-18)14-24-12-11-23-2/h3-10,13,15H,11-12,14H2,1-2H3,(H2,20,21,22)/t15-/m1/s1. The van der Waals surface area contributed by atoms with Gasteiger partial charge in [-0.2, -0.15) is 0 Å². The molecule has 2 aromatic carbocycles. The zero-order valence-electron chi connectivity index (χ0n) is 14.1. The number of urea groups is 1. The van der Waals surface area contributed by atoms with E-state index in [1.54, 1.807) is 7.11 Å². The van der Waals surface area contributed by atoms with E-state index < -0.39 is 0 Å². The molecule has 5 heteroatoms. The van der Waals surface area contributed by atoms with Crippen molar-refractivity contribution in [1.29, 1.82) is 0 Å². The Labute approximate surface area is 143 Å². The first-order valence-corrected chi connectivity index (χ1v) is 7.97. The average Bonchev–Trinajstić information content (AvgIpc) is 2.60. The van der Waals surface area contributed by atoms with Crippen molar-refractivity contribution in [2.75, 3.05) is 25.6 Å². The number of benzene rings is 2. The van der Waals surface area contributed by atoms with Crippen molar-refractivity contribution in [2.45, 2.75) is 19.6 Å². The zero-order chi connectivity index (χ0) is 17.2. The van der Waals surface area contributed by atoms with Crippen molar-refractivity contribution in [3.05, 3.63) is 65.7 Å². The Morgan fingerprint density at radius 1 is 1.08 bits per heavy atom. The van der Waals surface area contributed by atoms with Crippen LogP contribution < -0.4 is 10.6 Å². The molecule has 0 unspecified atom stereocenters. The highest BCUT2D eigenvalue weighted by atomic mass is 16.5. The van der Waals surface area contributed by atoms with Gasteiger partial charge < -0.3 is 20.1 Å². The van der Waals surface area contributed by atoms with Gasteiger partial charge in [-0.25, -0.2) is 4.79 Å². The van der Waals surface area contributed by atoms with Crippen LogP contribution in [0.25, 0.3) is 0 Å². The van der Waals surface area contributed by atoms with Crippen molar-refractivity contribution in [3.63, 3.8) is 0 Å². The van der Waals surface area contributed by atoms with E-state index in [2.05, 4.69) is 10.6 Å². The second kappa shape index (κ2) is 9.70. The number of methoxy groups -OCH3 is 1. The largest absolute Gasteiger partial charge is 0.382 e. The number of carbonyl (C=O) groups excluding carboxylic acids is 1. The number of hydrogen-bond donors (Lipinski definition) is 2. The summed E-state index contributed by atoms with van der Waals surface area (Å²) < 4.78 is 10.4. The number of hydrogen-bond acceptors (Lipinski definition) is 3. The van der Waals surface area contributed by atoms with E-state index in [-0.39, 0.29) is 12.1 Å². The van der Waals surface area contributed by atoms with Crippen LogP contribution in [0.1, 0.15) is 24.1 Å².